The number of hydrogen-bond acceptors (Lipinski definition) is 3. The van der Waals surface area contributed by atoms with E-state index in [2.05, 4.69) is 10.2 Å². The average molecular weight is 289 g/mol. The van der Waals surface area contributed by atoms with Crippen LogP contribution in [0, 0.1) is 0 Å². The van der Waals surface area contributed by atoms with E-state index in [1.54, 1.807) is 23.0 Å². The van der Waals surface area contributed by atoms with Crippen LogP contribution >= 0.6 is 11.6 Å². The van der Waals surface area contributed by atoms with Gasteiger partial charge in [-0.15, -0.1) is 0 Å². The Morgan fingerprint density at radius 2 is 2.25 bits per heavy atom. The lowest BCUT2D eigenvalue weighted by molar-refractivity contribution is 0.734. The van der Waals surface area contributed by atoms with E-state index in [9.17, 15) is 4.79 Å². The summed E-state index contributed by atoms with van der Waals surface area (Å²) in [6.45, 7) is 1.84. The molecule has 0 aliphatic carbocycles. The van der Waals surface area contributed by atoms with Crippen molar-refractivity contribution in [2.75, 3.05) is 0 Å². The van der Waals surface area contributed by atoms with Crippen molar-refractivity contribution in [2.24, 2.45) is 5.73 Å². The number of hydrogen-bond donors (Lipinski definition) is 2. The first-order valence-electron chi connectivity index (χ1n) is 6.18. The summed E-state index contributed by atoms with van der Waals surface area (Å²) in [6, 6.07) is 6.98. The Hall–Kier alpha value is -2.11. The summed E-state index contributed by atoms with van der Waals surface area (Å²) in [7, 11) is 0. The first kappa shape index (κ1) is 12.9. The van der Waals surface area contributed by atoms with E-state index in [-0.39, 0.29) is 11.6 Å². The van der Waals surface area contributed by atoms with Crippen molar-refractivity contribution < 1.29 is 0 Å². The summed E-state index contributed by atoms with van der Waals surface area (Å²) in [6.07, 6.45) is 3.23. The lowest BCUT2D eigenvalue weighted by Gasteiger charge is -2.16. The van der Waals surface area contributed by atoms with Gasteiger partial charge in [-0.05, 0) is 24.4 Å². The zero-order valence-corrected chi connectivity index (χ0v) is 11.6. The third-order valence-electron chi connectivity index (χ3n) is 3.23. The van der Waals surface area contributed by atoms with Gasteiger partial charge in [-0.3, -0.25) is 14.5 Å². The fourth-order valence-electron chi connectivity index (χ4n) is 2.31. The number of nitrogens with two attached hydrogens (primary N) is 1. The molecule has 3 rings (SSSR count). The van der Waals surface area contributed by atoms with Crippen LogP contribution < -0.4 is 11.3 Å². The molecule has 102 valence electrons. The minimum absolute atomic E-state index is 0.193. The Morgan fingerprint density at radius 1 is 1.45 bits per heavy atom. The molecule has 0 spiro atoms. The predicted octanol–water partition coefficient (Wildman–Crippen LogP) is 2.39. The predicted molar refractivity (Wildman–Crippen MR) is 79.3 cm³/mol. The minimum Gasteiger partial charge on any atom is -0.323 e. The molecule has 0 saturated heterocycles. The Balaban J connectivity index is 2.48. The van der Waals surface area contributed by atoms with E-state index in [4.69, 9.17) is 17.3 Å². The number of benzene rings is 1. The van der Waals surface area contributed by atoms with Crippen LogP contribution in [0.15, 0.2) is 41.5 Å². The molecular formula is C14H13ClN4O. The first-order valence-corrected chi connectivity index (χ1v) is 6.56. The number of pyridine rings is 1. The highest BCUT2D eigenvalue weighted by Gasteiger charge is 2.15. The van der Waals surface area contributed by atoms with E-state index in [0.717, 1.165) is 5.39 Å². The maximum absolute atomic E-state index is 12.8. The van der Waals surface area contributed by atoms with E-state index in [1.807, 2.05) is 25.1 Å². The normalized spacial score (nSPS) is 12.8. The number of nitrogens with zero attached hydrogens (tertiary/aromatic N) is 2. The Bertz CT molecular complexity index is 821. The van der Waals surface area contributed by atoms with Crippen LogP contribution in [0.5, 0.6) is 0 Å². The lowest BCUT2D eigenvalue weighted by atomic mass is 10.1. The molecule has 6 heteroatoms. The highest BCUT2D eigenvalue weighted by atomic mass is 35.5. The van der Waals surface area contributed by atoms with Crippen LogP contribution in [0.1, 0.15) is 18.7 Å². The third-order valence-corrected chi connectivity index (χ3v) is 3.55. The van der Waals surface area contributed by atoms with Crippen LogP contribution in [0.3, 0.4) is 0 Å². The maximum atomic E-state index is 12.8. The SMILES string of the molecule is CC(N)c1cc2cccc(Cl)c2c(=O)n1-c1cn[nH]c1. The third kappa shape index (κ3) is 1.92. The van der Waals surface area contributed by atoms with Gasteiger partial charge in [0, 0.05) is 17.9 Å². The van der Waals surface area contributed by atoms with Crippen molar-refractivity contribution in [3.63, 3.8) is 0 Å². The van der Waals surface area contributed by atoms with Crippen LogP contribution in [0.2, 0.25) is 5.02 Å². The number of fused-ring (bicyclic) bond motifs is 1. The zero-order chi connectivity index (χ0) is 14.3. The van der Waals surface area contributed by atoms with Gasteiger partial charge in [-0.1, -0.05) is 23.7 Å². The average Bonchev–Trinajstić information content (AvgIpc) is 2.91. The van der Waals surface area contributed by atoms with Crippen molar-refractivity contribution in [2.45, 2.75) is 13.0 Å². The molecule has 0 aliphatic heterocycles. The molecule has 0 fully saturated rings. The fourth-order valence-corrected chi connectivity index (χ4v) is 2.57. The number of nitrogens with one attached hydrogen (secondary N) is 1. The molecule has 0 radical (unpaired) electrons. The van der Waals surface area contributed by atoms with Gasteiger partial charge in [0.15, 0.2) is 0 Å². The highest BCUT2D eigenvalue weighted by Crippen LogP contribution is 2.24. The molecule has 0 saturated carbocycles. The van der Waals surface area contributed by atoms with Gasteiger partial charge in [-0.25, -0.2) is 0 Å². The number of aromatic amines is 1. The monoisotopic (exact) mass is 288 g/mol. The second-order valence-electron chi connectivity index (χ2n) is 4.66. The van der Waals surface area contributed by atoms with Crippen LogP contribution in [0.4, 0.5) is 0 Å². The quantitative estimate of drug-likeness (QED) is 0.760. The number of H-pyrrole nitrogens is 1. The fraction of sp³-hybridized carbons (Fsp3) is 0.143. The Morgan fingerprint density at radius 3 is 2.90 bits per heavy atom. The zero-order valence-electron chi connectivity index (χ0n) is 10.8. The summed E-state index contributed by atoms with van der Waals surface area (Å²) >= 11 is 6.16. The van der Waals surface area contributed by atoms with Crippen molar-refractivity contribution in [3.05, 3.63) is 57.7 Å². The molecule has 1 aromatic carbocycles. The molecule has 0 amide bonds. The molecule has 0 aliphatic rings. The molecular weight excluding hydrogens is 276 g/mol. The molecule has 0 bridgehead atoms. The highest BCUT2D eigenvalue weighted by molar-refractivity contribution is 6.35. The van der Waals surface area contributed by atoms with E-state index >= 15 is 0 Å². The van der Waals surface area contributed by atoms with Crippen LogP contribution in [-0.2, 0) is 0 Å². The smallest absolute Gasteiger partial charge is 0.264 e. The molecule has 2 aromatic heterocycles. The topological polar surface area (TPSA) is 76.7 Å². The van der Waals surface area contributed by atoms with Crippen molar-refractivity contribution in [1.82, 2.24) is 14.8 Å². The van der Waals surface area contributed by atoms with E-state index in [0.29, 0.717) is 21.8 Å². The molecule has 20 heavy (non-hydrogen) atoms. The summed E-state index contributed by atoms with van der Waals surface area (Å²) in [4.78, 5) is 12.8. The first-order chi connectivity index (χ1) is 9.59. The minimum atomic E-state index is -0.291. The summed E-state index contributed by atoms with van der Waals surface area (Å²) in [5.41, 5.74) is 7.16. The van der Waals surface area contributed by atoms with Gasteiger partial charge in [0.05, 0.1) is 22.3 Å². The van der Waals surface area contributed by atoms with Crippen molar-refractivity contribution in [3.8, 4) is 5.69 Å². The van der Waals surface area contributed by atoms with Gasteiger partial charge in [0.1, 0.15) is 0 Å². The number of aromatic nitrogens is 3. The summed E-state index contributed by atoms with van der Waals surface area (Å²) < 4.78 is 1.54. The van der Waals surface area contributed by atoms with Crippen molar-refractivity contribution in [1.29, 1.82) is 0 Å². The Labute approximate surface area is 120 Å². The van der Waals surface area contributed by atoms with E-state index < -0.39 is 0 Å². The molecule has 3 aromatic rings. The summed E-state index contributed by atoms with van der Waals surface area (Å²) in [5.74, 6) is 0. The second-order valence-corrected chi connectivity index (χ2v) is 5.07. The van der Waals surface area contributed by atoms with Gasteiger partial charge < -0.3 is 5.73 Å². The van der Waals surface area contributed by atoms with Gasteiger partial charge >= 0.3 is 0 Å². The lowest BCUT2D eigenvalue weighted by Crippen LogP contribution is -2.25. The molecule has 1 unspecified atom stereocenters. The van der Waals surface area contributed by atoms with Crippen LogP contribution in [-0.4, -0.2) is 14.8 Å². The van der Waals surface area contributed by atoms with Gasteiger partial charge in [-0.2, -0.15) is 5.10 Å². The molecule has 5 nitrogen and oxygen atoms in total. The second kappa shape index (κ2) is 4.77. The largest absolute Gasteiger partial charge is 0.323 e. The molecule has 1 atom stereocenters. The van der Waals surface area contributed by atoms with Crippen molar-refractivity contribution >= 4 is 22.4 Å². The Kier molecular flexibility index (Phi) is 3.08. The number of halogens is 1. The standard InChI is InChI=1S/C14H13ClN4O/c1-8(16)12-5-9-3-2-4-11(15)13(9)14(20)19(12)10-6-17-18-7-10/h2-8H,16H2,1H3,(H,17,18). The molecule has 2 heterocycles. The summed E-state index contributed by atoms with van der Waals surface area (Å²) in [5, 5.41) is 8.29. The molecule has 3 N–H and O–H groups in total. The van der Waals surface area contributed by atoms with Gasteiger partial charge in [0.2, 0.25) is 0 Å². The van der Waals surface area contributed by atoms with E-state index in [1.165, 1.54) is 0 Å². The van der Waals surface area contributed by atoms with Crippen LogP contribution in [0.25, 0.3) is 16.5 Å². The van der Waals surface area contributed by atoms with Gasteiger partial charge in [0.25, 0.3) is 5.56 Å². The number of rotatable bonds is 2. The maximum Gasteiger partial charge on any atom is 0.264 e.